The summed E-state index contributed by atoms with van der Waals surface area (Å²) in [5, 5.41) is 0. The minimum Gasteiger partial charge on any atom is -0.370 e. The molecule has 0 aromatic heterocycles. The van der Waals surface area contributed by atoms with E-state index in [4.69, 9.17) is 5.73 Å². The number of rotatable bonds is 1. The number of piperidine rings is 1. The largest absolute Gasteiger partial charge is 0.370 e. The summed E-state index contributed by atoms with van der Waals surface area (Å²) in [5.74, 6) is -1.08. The van der Waals surface area contributed by atoms with E-state index in [1.165, 1.54) is 12.1 Å². The third-order valence-electron chi connectivity index (χ3n) is 2.67. The number of nitrogens with two attached hydrogens (primary N) is 1. The van der Waals surface area contributed by atoms with Gasteiger partial charge in [-0.3, -0.25) is 0 Å². The fraction of sp³-hybridized carbons (Fsp3) is 0.455. The highest BCUT2D eigenvalue weighted by atomic mass is 19.1. The van der Waals surface area contributed by atoms with Gasteiger partial charge in [-0.2, -0.15) is 0 Å². The Labute approximate surface area is 87.7 Å². The van der Waals surface area contributed by atoms with Gasteiger partial charge in [0.25, 0.3) is 0 Å². The fourth-order valence-corrected chi connectivity index (χ4v) is 1.97. The maximum atomic E-state index is 13.0. The SMILES string of the molecule is NC1CCCN(c2cc(F)cc(F)c2)C1. The van der Waals surface area contributed by atoms with E-state index in [-0.39, 0.29) is 6.04 Å². The summed E-state index contributed by atoms with van der Waals surface area (Å²) in [4.78, 5) is 1.93. The van der Waals surface area contributed by atoms with Crippen molar-refractivity contribution in [1.82, 2.24) is 0 Å². The van der Waals surface area contributed by atoms with Gasteiger partial charge in [-0.05, 0) is 25.0 Å². The summed E-state index contributed by atoms with van der Waals surface area (Å²) >= 11 is 0. The van der Waals surface area contributed by atoms with Gasteiger partial charge in [0.1, 0.15) is 11.6 Å². The van der Waals surface area contributed by atoms with Crippen molar-refractivity contribution < 1.29 is 8.78 Å². The van der Waals surface area contributed by atoms with Gasteiger partial charge in [-0.25, -0.2) is 8.78 Å². The molecule has 1 saturated heterocycles. The van der Waals surface area contributed by atoms with Gasteiger partial charge >= 0.3 is 0 Å². The molecule has 4 heteroatoms. The van der Waals surface area contributed by atoms with Crippen LogP contribution in [-0.2, 0) is 0 Å². The highest BCUT2D eigenvalue weighted by Gasteiger charge is 2.17. The van der Waals surface area contributed by atoms with Crippen LogP contribution in [0.4, 0.5) is 14.5 Å². The zero-order valence-electron chi connectivity index (χ0n) is 8.42. The lowest BCUT2D eigenvalue weighted by atomic mass is 10.1. The molecule has 0 bridgehead atoms. The van der Waals surface area contributed by atoms with Gasteiger partial charge in [-0.1, -0.05) is 0 Å². The summed E-state index contributed by atoms with van der Waals surface area (Å²) < 4.78 is 26.0. The third kappa shape index (κ3) is 2.45. The number of benzene rings is 1. The number of halogens is 2. The molecule has 1 aliphatic rings. The maximum Gasteiger partial charge on any atom is 0.128 e. The number of hydrogen-bond acceptors (Lipinski definition) is 2. The molecule has 1 fully saturated rings. The van der Waals surface area contributed by atoms with Crippen molar-refractivity contribution in [1.29, 1.82) is 0 Å². The van der Waals surface area contributed by atoms with Crippen LogP contribution in [0.25, 0.3) is 0 Å². The molecular weight excluding hydrogens is 198 g/mol. The van der Waals surface area contributed by atoms with E-state index in [0.717, 1.165) is 25.5 Å². The van der Waals surface area contributed by atoms with E-state index in [2.05, 4.69) is 0 Å². The molecule has 2 rings (SSSR count). The summed E-state index contributed by atoms with van der Waals surface area (Å²) in [7, 11) is 0. The Balaban J connectivity index is 2.20. The van der Waals surface area contributed by atoms with E-state index < -0.39 is 11.6 Å². The normalized spacial score (nSPS) is 21.8. The molecule has 1 atom stereocenters. The quantitative estimate of drug-likeness (QED) is 0.770. The monoisotopic (exact) mass is 212 g/mol. The molecular formula is C11H14F2N2. The molecule has 1 aliphatic heterocycles. The van der Waals surface area contributed by atoms with Gasteiger partial charge in [0.2, 0.25) is 0 Å². The molecule has 1 heterocycles. The first-order valence-electron chi connectivity index (χ1n) is 5.12. The van der Waals surface area contributed by atoms with E-state index in [1.54, 1.807) is 0 Å². The molecule has 0 aliphatic carbocycles. The highest BCUT2D eigenvalue weighted by Crippen LogP contribution is 2.21. The smallest absolute Gasteiger partial charge is 0.128 e. The summed E-state index contributed by atoms with van der Waals surface area (Å²) in [6.07, 6.45) is 1.95. The topological polar surface area (TPSA) is 29.3 Å². The molecule has 15 heavy (non-hydrogen) atoms. The molecule has 2 nitrogen and oxygen atoms in total. The van der Waals surface area contributed by atoms with Crippen LogP contribution < -0.4 is 10.6 Å². The lowest BCUT2D eigenvalue weighted by Crippen LogP contribution is -2.42. The number of nitrogens with zero attached hydrogens (tertiary/aromatic N) is 1. The molecule has 0 spiro atoms. The summed E-state index contributed by atoms with van der Waals surface area (Å²) in [6.45, 7) is 1.49. The highest BCUT2D eigenvalue weighted by molar-refractivity contribution is 5.47. The minimum atomic E-state index is -0.538. The third-order valence-corrected chi connectivity index (χ3v) is 2.67. The van der Waals surface area contributed by atoms with Crippen LogP contribution in [0.1, 0.15) is 12.8 Å². The van der Waals surface area contributed by atoms with Gasteiger partial charge in [0.15, 0.2) is 0 Å². The Kier molecular flexibility index (Phi) is 2.86. The molecule has 1 unspecified atom stereocenters. The first kappa shape index (κ1) is 10.4. The zero-order chi connectivity index (χ0) is 10.8. The first-order chi connectivity index (χ1) is 7.15. The number of hydrogen-bond donors (Lipinski definition) is 1. The van der Waals surface area contributed by atoms with Crippen molar-refractivity contribution in [2.45, 2.75) is 18.9 Å². The van der Waals surface area contributed by atoms with Gasteiger partial charge in [0.05, 0.1) is 0 Å². The van der Waals surface area contributed by atoms with Crippen LogP contribution in [0.15, 0.2) is 18.2 Å². The molecule has 2 N–H and O–H groups in total. The first-order valence-corrected chi connectivity index (χ1v) is 5.12. The second-order valence-electron chi connectivity index (χ2n) is 3.98. The van der Waals surface area contributed by atoms with Crippen molar-refractivity contribution in [2.75, 3.05) is 18.0 Å². The lowest BCUT2D eigenvalue weighted by Gasteiger charge is -2.32. The molecule has 1 aromatic carbocycles. The van der Waals surface area contributed by atoms with Crippen LogP contribution in [0.5, 0.6) is 0 Å². The van der Waals surface area contributed by atoms with Gasteiger partial charge in [0, 0.05) is 30.9 Å². The van der Waals surface area contributed by atoms with Crippen molar-refractivity contribution in [3.8, 4) is 0 Å². The van der Waals surface area contributed by atoms with Gasteiger partial charge in [-0.15, -0.1) is 0 Å². The average molecular weight is 212 g/mol. The van der Waals surface area contributed by atoms with Gasteiger partial charge < -0.3 is 10.6 Å². The fourth-order valence-electron chi connectivity index (χ4n) is 1.97. The minimum absolute atomic E-state index is 0.102. The van der Waals surface area contributed by atoms with E-state index in [9.17, 15) is 8.78 Å². The standard InChI is InChI=1S/C11H14F2N2/c12-8-4-9(13)6-11(5-8)15-3-1-2-10(14)7-15/h4-6,10H,1-3,7,14H2. The van der Waals surface area contributed by atoms with Crippen molar-refractivity contribution >= 4 is 5.69 Å². The Morgan fingerprint density at radius 1 is 1.20 bits per heavy atom. The van der Waals surface area contributed by atoms with Crippen LogP contribution >= 0.6 is 0 Å². The maximum absolute atomic E-state index is 13.0. The molecule has 82 valence electrons. The van der Waals surface area contributed by atoms with Crippen LogP contribution in [0.2, 0.25) is 0 Å². The van der Waals surface area contributed by atoms with Crippen molar-refractivity contribution in [2.24, 2.45) is 5.73 Å². The summed E-state index contributed by atoms with van der Waals surface area (Å²) in [6, 6.07) is 3.68. The predicted molar refractivity (Wildman–Crippen MR) is 55.8 cm³/mol. The summed E-state index contributed by atoms with van der Waals surface area (Å²) in [5.41, 5.74) is 6.40. The molecule has 0 saturated carbocycles. The second kappa shape index (κ2) is 4.14. The molecule has 1 aromatic rings. The van der Waals surface area contributed by atoms with E-state index >= 15 is 0 Å². The lowest BCUT2D eigenvalue weighted by molar-refractivity contribution is 0.503. The average Bonchev–Trinajstić information content (AvgIpc) is 2.16. The molecule has 0 radical (unpaired) electrons. The van der Waals surface area contributed by atoms with E-state index in [1.807, 2.05) is 4.90 Å². The van der Waals surface area contributed by atoms with Crippen molar-refractivity contribution in [3.63, 3.8) is 0 Å². The predicted octanol–water partition coefficient (Wildman–Crippen LogP) is 1.89. The van der Waals surface area contributed by atoms with Crippen molar-refractivity contribution in [3.05, 3.63) is 29.8 Å². The Morgan fingerprint density at radius 3 is 2.47 bits per heavy atom. The van der Waals surface area contributed by atoms with Crippen LogP contribution in [0.3, 0.4) is 0 Å². The number of anilines is 1. The second-order valence-corrected chi connectivity index (χ2v) is 3.98. The Hall–Kier alpha value is -1.16. The Morgan fingerprint density at radius 2 is 1.87 bits per heavy atom. The molecule has 0 amide bonds. The Bertz CT molecular complexity index is 334. The van der Waals surface area contributed by atoms with E-state index in [0.29, 0.717) is 12.2 Å². The zero-order valence-corrected chi connectivity index (χ0v) is 8.42. The van der Waals surface area contributed by atoms with Crippen LogP contribution in [0, 0.1) is 11.6 Å². The van der Waals surface area contributed by atoms with Crippen LogP contribution in [-0.4, -0.2) is 19.1 Å².